The molecule has 0 fully saturated rings. The van der Waals surface area contributed by atoms with Gasteiger partial charge in [0.25, 0.3) is 0 Å². The number of aliphatic hydroxyl groups is 2. The van der Waals surface area contributed by atoms with Gasteiger partial charge in [0.15, 0.2) is 0 Å². The number of benzene rings is 1. The van der Waals surface area contributed by atoms with Crippen molar-refractivity contribution in [2.75, 3.05) is 19.7 Å². The van der Waals surface area contributed by atoms with E-state index in [2.05, 4.69) is 10.6 Å². The van der Waals surface area contributed by atoms with Gasteiger partial charge in [-0.1, -0.05) is 30.3 Å². The van der Waals surface area contributed by atoms with Gasteiger partial charge in [-0.25, -0.2) is 4.79 Å². The van der Waals surface area contributed by atoms with E-state index in [0.717, 1.165) is 12.0 Å². The van der Waals surface area contributed by atoms with E-state index in [1.165, 1.54) is 0 Å². The summed E-state index contributed by atoms with van der Waals surface area (Å²) in [5, 5.41) is 32.9. The Morgan fingerprint density at radius 3 is 2.52 bits per heavy atom. The number of carboxylic acid groups (broad SMARTS) is 1. The van der Waals surface area contributed by atoms with Crippen molar-refractivity contribution in [1.82, 2.24) is 10.6 Å². The molecule has 21 heavy (non-hydrogen) atoms. The molecule has 0 spiro atoms. The molecule has 0 aliphatic heterocycles. The molecule has 2 atom stereocenters. The first kappa shape index (κ1) is 17.4. The predicted molar refractivity (Wildman–Crippen MR) is 80.3 cm³/mol. The summed E-state index contributed by atoms with van der Waals surface area (Å²) < 4.78 is 0. The topological polar surface area (TPSA) is 102 Å². The van der Waals surface area contributed by atoms with E-state index in [1.54, 1.807) is 0 Å². The van der Waals surface area contributed by atoms with Crippen LogP contribution in [0.4, 0.5) is 4.79 Å². The van der Waals surface area contributed by atoms with E-state index in [9.17, 15) is 9.90 Å². The highest BCUT2D eigenvalue weighted by molar-refractivity contribution is 5.64. The van der Waals surface area contributed by atoms with Crippen LogP contribution < -0.4 is 10.6 Å². The van der Waals surface area contributed by atoms with Crippen molar-refractivity contribution < 1.29 is 20.1 Å². The third-order valence-electron chi connectivity index (χ3n) is 3.22. The third kappa shape index (κ3) is 7.65. The van der Waals surface area contributed by atoms with Gasteiger partial charge in [-0.15, -0.1) is 0 Å². The molecule has 0 aliphatic carbocycles. The summed E-state index contributed by atoms with van der Waals surface area (Å²) in [5.41, 5.74) is 1.08. The summed E-state index contributed by atoms with van der Waals surface area (Å²) in [5.74, 6) is 0. The highest BCUT2D eigenvalue weighted by Gasteiger charge is 2.19. The summed E-state index contributed by atoms with van der Waals surface area (Å²) in [6.45, 7) is 0.802. The second kappa shape index (κ2) is 10.1. The Morgan fingerprint density at radius 2 is 1.90 bits per heavy atom. The SMILES string of the molecule is O=C(O)NC[C@@H](O)C(Cc1ccccc1)NCCCCO. The Bertz CT molecular complexity index is 400. The van der Waals surface area contributed by atoms with E-state index in [1.807, 2.05) is 30.3 Å². The fourth-order valence-corrected chi connectivity index (χ4v) is 2.07. The van der Waals surface area contributed by atoms with Gasteiger partial charge in [0.2, 0.25) is 0 Å². The Balaban J connectivity index is 2.53. The molecule has 0 aliphatic rings. The van der Waals surface area contributed by atoms with Crippen LogP contribution in [0.15, 0.2) is 30.3 Å². The minimum Gasteiger partial charge on any atom is -0.465 e. The highest BCUT2D eigenvalue weighted by atomic mass is 16.4. The first-order valence-electron chi connectivity index (χ1n) is 7.16. The first-order chi connectivity index (χ1) is 10.1. The molecule has 1 unspecified atom stereocenters. The zero-order valence-corrected chi connectivity index (χ0v) is 12.0. The third-order valence-corrected chi connectivity index (χ3v) is 3.22. The predicted octanol–water partition coefficient (Wildman–Crippen LogP) is 0.588. The second-order valence-corrected chi connectivity index (χ2v) is 4.93. The zero-order chi connectivity index (χ0) is 15.5. The maximum atomic E-state index is 10.5. The van der Waals surface area contributed by atoms with Gasteiger partial charge in [-0.2, -0.15) is 0 Å². The van der Waals surface area contributed by atoms with Gasteiger partial charge in [0, 0.05) is 19.2 Å². The lowest BCUT2D eigenvalue weighted by atomic mass is 10.0. The standard InChI is InChI=1S/C15H24N2O4/c18-9-5-4-8-16-13(14(19)11-17-15(20)21)10-12-6-2-1-3-7-12/h1-3,6-7,13-14,16-19H,4-5,8-11H2,(H,20,21)/t13?,14-/m1/s1. The van der Waals surface area contributed by atoms with E-state index in [-0.39, 0.29) is 19.2 Å². The minimum atomic E-state index is -1.15. The van der Waals surface area contributed by atoms with Crippen LogP contribution in [-0.4, -0.2) is 53.3 Å². The van der Waals surface area contributed by atoms with Crippen LogP contribution in [0.1, 0.15) is 18.4 Å². The van der Waals surface area contributed by atoms with Crippen LogP contribution in [0.2, 0.25) is 0 Å². The molecule has 0 aromatic heterocycles. The maximum Gasteiger partial charge on any atom is 0.404 e. The van der Waals surface area contributed by atoms with Crippen LogP contribution >= 0.6 is 0 Å². The molecular formula is C15H24N2O4. The number of carbonyl (C=O) groups is 1. The molecule has 5 N–H and O–H groups in total. The lowest BCUT2D eigenvalue weighted by Gasteiger charge is -2.24. The lowest BCUT2D eigenvalue weighted by Crippen LogP contribution is -2.47. The molecule has 1 rings (SSSR count). The van der Waals surface area contributed by atoms with Crippen LogP contribution in [0, 0.1) is 0 Å². The smallest absolute Gasteiger partial charge is 0.404 e. The fraction of sp³-hybridized carbons (Fsp3) is 0.533. The van der Waals surface area contributed by atoms with E-state index in [0.29, 0.717) is 19.4 Å². The normalized spacial score (nSPS) is 13.6. The monoisotopic (exact) mass is 296 g/mol. The largest absolute Gasteiger partial charge is 0.465 e. The number of aliphatic hydroxyl groups excluding tert-OH is 2. The van der Waals surface area contributed by atoms with Gasteiger partial charge in [-0.05, 0) is 31.4 Å². The van der Waals surface area contributed by atoms with Crippen molar-refractivity contribution in [3.63, 3.8) is 0 Å². The van der Waals surface area contributed by atoms with E-state index in [4.69, 9.17) is 10.2 Å². The van der Waals surface area contributed by atoms with Gasteiger partial charge >= 0.3 is 6.09 Å². The molecule has 0 bridgehead atoms. The molecule has 6 heteroatoms. The van der Waals surface area contributed by atoms with Crippen molar-refractivity contribution in [3.8, 4) is 0 Å². The molecule has 0 saturated carbocycles. The summed E-state index contributed by atoms with van der Waals surface area (Å²) >= 11 is 0. The molecule has 6 nitrogen and oxygen atoms in total. The van der Waals surface area contributed by atoms with E-state index >= 15 is 0 Å². The average Bonchev–Trinajstić information content (AvgIpc) is 2.49. The zero-order valence-electron chi connectivity index (χ0n) is 12.0. The second-order valence-electron chi connectivity index (χ2n) is 4.93. The summed E-state index contributed by atoms with van der Waals surface area (Å²) in [6.07, 6.45) is 0.167. The minimum absolute atomic E-state index is 0.0141. The summed E-state index contributed by atoms with van der Waals surface area (Å²) in [6, 6.07) is 9.49. The molecular weight excluding hydrogens is 272 g/mol. The Kier molecular flexibility index (Phi) is 8.42. The van der Waals surface area contributed by atoms with Crippen LogP contribution in [-0.2, 0) is 6.42 Å². The number of amides is 1. The van der Waals surface area contributed by atoms with Gasteiger partial charge in [-0.3, -0.25) is 0 Å². The first-order valence-corrected chi connectivity index (χ1v) is 7.16. The molecule has 1 aromatic carbocycles. The van der Waals surface area contributed by atoms with Gasteiger partial charge < -0.3 is 26.0 Å². The number of hydrogen-bond donors (Lipinski definition) is 5. The van der Waals surface area contributed by atoms with Gasteiger partial charge in [0.1, 0.15) is 0 Å². The van der Waals surface area contributed by atoms with Crippen molar-refractivity contribution in [3.05, 3.63) is 35.9 Å². The number of unbranched alkanes of at least 4 members (excludes halogenated alkanes) is 1. The number of rotatable bonds is 10. The summed E-state index contributed by atoms with van der Waals surface area (Å²) in [4.78, 5) is 10.5. The number of nitrogens with one attached hydrogen (secondary N) is 2. The van der Waals surface area contributed by atoms with Crippen LogP contribution in [0.5, 0.6) is 0 Å². The van der Waals surface area contributed by atoms with E-state index < -0.39 is 12.2 Å². The summed E-state index contributed by atoms with van der Waals surface area (Å²) in [7, 11) is 0. The molecule has 1 amide bonds. The molecule has 1 aromatic rings. The number of hydrogen-bond acceptors (Lipinski definition) is 4. The van der Waals surface area contributed by atoms with Crippen molar-refractivity contribution in [1.29, 1.82) is 0 Å². The van der Waals surface area contributed by atoms with Crippen LogP contribution in [0.25, 0.3) is 0 Å². The van der Waals surface area contributed by atoms with Crippen molar-refractivity contribution in [2.45, 2.75) is 31.4 Å². The highest BCUT2D eigenvalue weighted by Crippen LogP contribution is 2.06. The molecule has 118 valence electrons. The Labute approximate surface area is 124 Å². The molecule has 0 heterocycles. The van der Waals surface area contributed by atoms with Crippen molar-refractivity contribution >= 4 is 6.09 Å². The average molecular weight is 296 g/mol. The Morgan fingerprint density at radius 1 is 1.19 bits per heavy atom. The molecule has 0 radical (unpaired) electrons. The Hall–Kier alpha value is -1.63. The van der Waals surface area contributed by atoms with Crippen molar-refractivity contribution in [2.24, 2.45) is 0 Å². The lowest BCUT2D eigenvalue weighted by molar-refractivity contribution is 0.120. The molecule has 0 saturated heterocycles. The maximum absolute atomic E-state index is 10.5. The van der Waals surface area contributed by atoms with Gasteiger partial charge in [0.05, 0.1) is 6.10 Å². The van der Waals surface area contributed by atoms with Crippen LogP contribution in [0.3, 0.4) is 0 Å². The fourth-order valence-electron chi connectivity index (χ4n) is 2.07. The quantitative estimate of drug-likeness (QED) is 0.407.